The number of phenols is 1. The van der Waals surface area contributed by atoms with Crippen molar-refractivity contribution in [1.29, 1.82) is 0 Å². The molecule has 4 rings (SSSR count). The Hall–Kier alpha value is -3.00. The number of nitrogen functional groups attached to an aromatic ring is 1. The molecule has 5 N–H and O–H groups in total. The van der Waals surface area contributed by atoms with Crippen molar-refractivity contribution in [3.05, 3.63) is 78.4 Å². The van der Waals surface area contributed by atoms with Crippen LogP contribution in [0.2, 0.25) is 0 Å². The number of hydrogen-bond donors (Lipinski definition) is 4. The average molecular weight is 536 g/mol. The summed E-state index contributed by atoms with van der Waals surface area (Å²) in [5.74, 6) is -0.557. The van der Waals surface area contributed by atoms with E-state index in [1.807, 2.05) is 0 Å². The number of aryl methyl sites for hydroxylation is 1. The number of anilines is 2. The zero-order valence-electron chi connectivity index (χ0n) is 19.2. The molecule has 0 aliphatic rings. The van der Waals surface area contributed by atoms with E-state index in [0.717, 1.165) is 6.07 Å². The number of sulfonamides is 1. The SMILES string of the molecule is Cc1ccc(S(=O)(=O)Nc2ccccc2)cc1N=Nc1c(S(=O)(=O)O)cc2ccc(N)cc2c1O.[Na]. The molecule has 0 amide bonds. The van der Waals surface area contributed by atoms with E-state index >= 15 is 0 Å². The smallest absolute Gasteiger partial charge is 0.296 e. The summed E-state index contributed by atoms with van der Waals surface area (Å²) < 4.78 is 61.7. The molecule has 0 saturated heterocycles. The summed E-state index contributed by atoms with van der Waals surface area (Å²) in [6.07, 6.45) is 0. The van der Waals surface area contributed by atoms with Crippen LogP contribution in [0.15, 0.2) is 92.8 Å². The van der Waals surface area contributed by atoms with Crippen LogP contribution in [0.5, 0.6) is 5.75 Å². The maximum Gasteiger partial charge on any atom is 0.296 e. The van der Waals surface area contributed by atoms with E-state index in [1.165, 1.54) is 36.4 Å². The summed E-state index contributed by atoms with van der Waals surface area (Å²) in [5, 5.41) is 19.1. The molecule has 4 aromatic rings. The Morgan fingerprint density at radius 3 is 2.25 bits per heavy atom. The van der Waals surface area contributed by atoms with Crippen LogP contribution in [0, 0.1) is 6.92 Å². The minimum Gasteiger partial charge on any atom is -0.505 e. The van der Waals surface area contributed by atoms with E-state index in [2.05, 4.69) is 15.0 Å². The first kappa shape index (κ1) is 27.6. The van der Waals surface area contributed by atoms with Gasteiger partial charge in [-0.2, -0.15) is 13.5 Å². The van der Waals surface area contributed by atoms with E-state index < -0.39 is 36.5 Å². The molecule has 36 heavy (non-hydrogen) atoms. The number of nitrogens with zero attached hydrogens (tertiary/aromatic N) is 2. The first-order valence-electron chi connectivity index (χ1n) is 10.1. The predicted octanol–water partition coefficient (Wildman–Crippen LogP) is 4.52. The van der Waals surface area contributed by atoms with Gasteiger partial charge in [0, 0.05) is 46.3 Å². The zero-order valence-corrected chi connectivity index (χ0v) is 22.9. The number of nitrogens with two attached hydrogens (primary N) is 1. The normalized spacial score (nSPS) is 11.9. The molecule has 181 valence electrons. The zero-order chi connectivity index (χ0) is 25.4. The third kappa shape index (κ3) is 5.86. The van der Waals surface area contributed by atoms with E-state index in [4.69, 9.17) is 5.73 Å². The number of benzene rings is 4. The van der Waals surface area contributed by atoms with Crippen molar-refractivity contribution in [3.63, 3.8) is 0 Å². The van der Waals surface area contributed by atoms with Crippen LogP contribution in [-0.4, -0.2) is 56.1 Å². The number of phenolic OH excluding ortho intramolecular Hbond substituents is 1. The van der Waals surface area contributed by atoms with Crippen molar-refractivity contribution in [1.82, 2.24) is 0 Å². The number of nitrogens with one attached hydrogen (secondary N) is 1. The molecule has 0 spiro atoms. The van der Waals surface area contributed by atoms with Crippen molar-refractivity contribution < 1.29 is 26.5 Å². The van der Waals surface area contributed by atoms with Crippen LogP contribution >= 0.6 is 0 Å². The third-order valence-corrected chi connectivity index (χ3v) is 7.38. The average Bonchev–Trinajstić information content (AvgIpc) is 2.79. The van der Waals surface area contributed by atoms with Gasteiger partial charge in [0.2, 0.25) is 0 Å². The van der Waals surface area contributed by atoms with Gasteiger partial charge in [0.05, 0.1) is 10.6 Å². The van der Waals surface area contributed by atoms with Crippen LogP contribution in [0.3, 0.4) is 0 Å². The summed E-state index contributed by atoms with van der Waals surface area (Å²) in [6.45, 7) is 1.65. The Labute approximate surface area is 230 Å². The van der Waals surface area contributed by atoms with Gasteiger partial charge in [-0.1, -0.05) is 30.3 Å². The van der Waals surface area contributed by atoms with Crippen molar-refractivity contribution in [2.45, 2.75) is 16.7 Å². The predicted molar refractivity (Wildman–Crippen MR) is 138 cm³/mol. The Balaban J connectivity index is 0.00000361. The maximum absolute atomic E-state index is 12.8. The second-order valence-corrected chi connectivity index (χ2v) is 10.7. The fourth-order valence-electron chi connectivity index (χ4n) is 3.34. The van der Waals surface area contributed by atoms with Crippen LogP contribution in [-0.2, 0) is 20.1 Å². The second-order valence-electron chi connectivity index (χ2n) is 7.65. The molecule has 4 aromatic carbocycles. The van der Waals surface area contributed by atoms with Gasteiger partial charge in [-0.25, -0.2) is 8.42 Å². The number of rotatable bonds is 6. The van der Waals surface area contributed by atoms with Gasteiger partial charge in [-0.05, 0) is 60.3 Å². The molecule has 0 saturated carbocycles. The van der Waals surface area contributed by atoms with Gasteiger partial charge < -0.3 is 10.8 Å². The molecule has 0 fully saturated rings. The fourth-order valence-corrected chi connectivity index (χ4v) is 5.08. The number of hydrogen-bond acceptors (Lipinski definition) is 8. The molecule has 13 heteroatoms. The van der Waals surface area contributed by atoms with Crippen LogP contribution in [0.1, 0.15) is 5.56 Å². The first-order valence-corrected chi connectivity index (χ1v) is 13.0. The molecule has 0 aliphatic heterocycles. The van der Waals surface area contributed by atoms with Gasteiger partial charge in [0.15, 0.2) is 5.75 Å². The van der Waals surface area contributed by atoms with Crippen LogP contribution < -0.4 is 10.5 Å². The number of aromatic hydroxyl groups is 1. The molecule has 0 unspecified atom stereocenters. The molecule has 0 bridgehead atoms. The largest absolute Gasteiger partial charge is 0.505 e. The second kappa shape index (κ2) is 10.5. The van der Waals surface area contributed by atoms with Gasteiger partial charge in [-0.15, -0.1) is 5.11 Å². The quantitative estimate of drug-likeness (QED) is 0.122. The molecule has 0 heterocycles. The molecule has 0 atom stereocenters. The molecule has 0 aliphatic carbocycles. The minimum absolute atomic E-state index is 0. The maximum atomic E-state index is 12.8. The summed E-state index contributed by atoms with van der Waals surface area (Å²) in [4.78, 5) is -0.769. The van der Waals surface area contributed by atoms with Gasteiger partial charge in [-0.3, -0.25) is 9.27 Å². The van der Waals surface area contributed by atoms with Gasteiger partial charge >= 0.3 is 0 Å². The van der Waals surface area contributed by atoms with Crippen LogP contribution in [0.4, 0.5) is 22.7 Å². The monoisotopic (exact) mass is 535 g/mol. The van der Waals surface area contributed by atoms with E-state index in [9.17, 15) is 26.5 Å². The number of fused-ring (bicyclic) bond motifs is 1. The molecular formula is C23H20N4NaO6S2. The Kier molecular flexibility index (Phi) is 8.08. The summed E-state index contributed by atoms with van der Waals surface area (Å²) in [5.41, 5.74) is 6.58. The van der Waals surface area contributed by atoms with Crippen molar-refractivity contribution in [2.24, 2.45) is 10.2 Å². The van der Waals surface area contributed by atoms with Gasteiger partial charge in [0.1, 0.15) is 10.6 Å². The summed E-state index contributed by atoms with van der Waals surface area (Å²) >= 11 is 0. The first-order chi connectivity index (χ1) is 16.5. The van der Waals surface area contributed by atoms with Gasteiger partial charge in [0.25, 0.3) is 20.1 Å². The summed E-state index contributed by atoms with van der Waals surface area (Å²) in [7, 11) is -8.75. The van der Waals surface area contributed by atoms with Crippen molar-refractivity contribution in [2.75, 3.05) is 10.5 Å². The van der Waals surface area contributed by atoms with E-state index in [0.29, 0.717) is 22.3 Å². The Morgan fingerprint density at radius 1 is 0.889 bits per heavy atom. The summed E-state index contributed by atoms with van der Waals surface area (Å²) in [6, 6.07) is 18.0. The van der Waals surface area contributed by atoms with Crippen molar-refractivity contribution in [3.8, 4) is 5.75 Å². The number of para-hydroxylation sites is 1. The Morgan fingerprint density at radius 2 is 1.58 bits per heavy atom. The van der Waals surface area contributed by atoms with E-state index in [1.54, 1.807) is 37.3 Å². The van der Waals surface area contributed by atoms with Crippen LogP contribution in [0.25, 0.3) is 10.8 Å². The standard InChI is InChI=1S/C23H20N4O6S2.Na/c1-14-7-10-18(34(29,30)27-17-5-3-2-4-6-17)13-20(14)25-26-22-21(35(31,32)33)11-15-8-9-16(24)12-19(15)23(22)28;/h2-13,27-28H,24H2,1H3,(H,31,32,33);. The minimum atomic E-state index is -4.79. The fraction of sp³-hybridized carbons (Fsp3) is 0.0435. The molecular weight excluding hydrogens is 515 g/mol. The molecule has 10 nitrogen and oxygen atoms in total. The van der Waals surface area contributed by atoms with E-state index in [-0.39, 0.29) is 45.5 Å². The Bertz CT molecular complexity index is 1690. The molecule has 0 aromatic heterocycles. The topological polar surface area (TPSA) is 172 Å². The van der Waals surface area contributed by atoms with Crippen molar-refractivity contribution >= 4 is 83.2 Å². The number of azo groups is 1. The molecule has 1 radical (unpaired) electrons. The third-order valence-electron chi connectivity index (χ3n) is 5.13.